The summed E-state index contributed by atoms with van der Waals surface area (Å²) in [6.45, 7) is 1.59. The number of benzene rings is 1. The van der Waals surface area contributed by atoms with E-state index >= 15 is 0 Å². The molecule has 1 aromatic heterocycles. The van der Waals surface area contributed by atoms with Crippen molar-refractivity contribution in [2.24, 2.45) is 0 Å². The van der Waals surface area contributed by atoms with Crippen LogP contribution >= 0.6 is 0 Å². The molecule has 5 rings (SSSR count). The third-order valence-corrected chi connectivity index (χ3v) is 6.25. The van der Waals surface area contributed by atoms with Crippen molar-refractivity contribution in [3.8, 4) is 0 Å². The van der Waals surface area contributed by atoms with E-state index in [1.807, 2.05) is 17.0 Å². The van der Waals surface area contributed by atoms with Gasteiger partial charge in [-0.05, 0) is 56.7 Å². The van der Waals surface area contributed by atoms with Crippen molar-refractivity contribution in [3.05, 3.63) is 35.6 Å². The number of hydrogen-bond acceptors (Lipinski definition) is 4. The fourth-order valence-corrected chi connectivity index (χ4v) is 4.77. The molecule has 27 heavy (non-hydrogen) atoms. The Balaban J connectivity index is 1.32. The fraction of sp³-hybridized carbons (Fsp3) is 0.524. The zero-order valence-corrected chi connectivity index (χ0v) is 15.4. The summed E-state index contributed by atoms with van der Waals surface area (Å²) < 4.78 is 5.81. The number of nitrogens with one attached hydrogen (secondary N) is 2. The smallest absolute Gasteiger partial charge is 0.289 e. The van der Waals surface area contributed by atoms with Gasteiger partial charge in [-0.3, -0.25) is 9.59 Å². The largest absolute Gasteiger partial charge is 0.451 e. The van der Waals surface area contributed by atoms with Crippen LogP contribution in [0, 0.1) is 0 Å². The molecule has 2 aromatic rings. The van der Waals surface area contributed by atoms with Gasteiger partial charge < -0.3 is 20.0 Å². The van der Waals surface area contributed by atoms with Crippen LogP contribution in [0.4, 0.5) is 0 Å². The number of piperidine rings is 1. The van der Waals surface area contributed by atoms with Crippen LogP contribution in [0.25, 0.3) is 11.0 Å². The molecule has 0 spiro atoms. The van der Waals surface area contributed by atoms with Gasteiger partial charge in [0.1, 0.15) is 5.58 Å². The molecule has 3 fully saturated rings. The third kappa shape index (κ3) is 3.12. The summed E-state index contributed by atoms with van der Waals surface area (Å²) in [4.78, 5) is 27.1. The standard InChI is InChI=1S/C21H25N3O3/c25-20(23-17-12-15-6-7-16(17)22-15)14-5-4-13-10-19(27-18(13)11-14)21(26)24-8-2-1-3-9-24/h4-5,10-11,15-17,22H,1-3,6-9,12H2,(H,23,25)/t15-,16+,17-/m1/s1. The van der Waals surface area contributed by atoms with Crippen LogP contribution in [-0.4, -0.2) is 47.9 Å². The van der Waals surface area contributed by atoms with Crippen LogP contribution in [0.1, 0.15) is 59.4 Å². The van der Waals surface area contributed by atoms with Gasteiger partial charge in [-0.2, -0.15) is 0 Å². The molecule has 142 valence electrons. The number of fused-ring (bicyclic) bond motifs is 3. The highest BCUT2D eigenvalue weighted by Gasteiger charge is 2.39. The average Bonchev–Trinajstić information content (AvgIpc) is 3.42. The highest BCUT2D eigenvalue weighted by Crippen LogP contribution is 2.29. The van der Waals surface area contributed by atoms with Crippen molar-refractivity contribution in [3.63, 3.8) is 0 Å². The minimum absolute atomic E-state index is 0.0510. The van der Waals surface area contributed by atoms with Crippen molar-refractivity contribution >= 4 is 22.8 Å². The lowest BCUT2D eigenvalue weighted by atomic mass is 9.95. The molecular formula is C21H25N3O3. The van der Waals surface area contributed by atoms with E-state index in [2.05, 4.69) is 10.6 Å². The van der Waals surface area contributed by atoms with E-state index in [1.165, 1.54) is 12.8 Å². The zero-order valence-electron chi connectivity index (χ0n) is 15.4. The zero-order chi connectivity index (χ0) is 18.4. The molecule has 3 atom stereocenters. The van der Waals surface area contributed by atoms with Crippen LogP contribution < -0.4 is 10.6 Å². The van der Waals surface area contributed by atoms with Crippen LogP contribution in [0.2, 0.25) is 0 Å². The predicted molar refractivity (Wildman–Crippen MR) is 102 cm³/mol. The van der Waals surface area contributed by atoms with Gasteiger partial charge in [0.05, 0.1) is 0 Å². The Labute approximate surface area is 158 Å². The quantitative estimate of drug-likeness (QED) is 0.875. The Kier molecular flexibility index (Phi) is 4.16. The van der Waals surface area contributed by atoms with Gasteiger partial charge in [-0.15, -0.1) is 0 Å². The summed E-state index contributed by atoms with van der Waals surface area (Å²) >= 11 is 0. The lowest BCUT2D eigenvalue weighted by Crippen LogP contribution is -2.42. The molecule has 6 heteroatoms. The molecule has 0 aliphatic carbocycles. The number of amides is 2. The monoisotopic (exact) mass is 367 g/mol. The van der Waals surface area contributed by atoms with E-state index in [9.17, 15) is 9.59 Å². The Morgan fingerprint density at radius 1 is 1.11 bits per heavy atom. The van der Waals surface area contributed by atoms with Gasteiger partial charge in [0.2, 0.25) is 0 Å². The van der Waals surface area contributed by atoms with E-state index in [0.29, 0.717) is 29.0 Å². The lowest BCUT2D eigenvalue weighted by molar-refractivity contribution is 0.0694. The number of furan rings is 1. The first kappa shape index (κ1) is 16.8. The van der Waals surface area contributed by atoms with Crippen molar-refractivity contribution in [2.45, 2.75) is 56.7 Å². The minimum atomic E-state index is -0.0726. The van der Waals surface area contributed by atoms with Gasteiger partial charge in [-0.1, -0.05) is 6.07 Å². The van der Waals surface area contributed by atoms with E-state index < -0.39 is 0 Å². The van der Waals surface area contributed by atoms with Gasteiger partial charge >= 0.3 is 0 Å². The van der Waals surface area contributed by atoms with Gasteiger partial charge in [0.15, 0.2) is 5.76 Å². The molecule has 2 amide bonds. The van der Waals surface area contributed by atoms with E-state index in [-0.39, 0.29) is 17.9 Å². The van der Waals surface area contributed by atoms with Gasteiger partial charge in [-0.25, -0.2) is 0 Å². The number of carbonyl (C=O) groups is 2. The molecule has 0 unspecified atom stereocenters. The number of rotatable bonds is 3. The SMILES string of the molecule is O=C(N[C@@H]1C[C@H]2CC[C@@H]1N2)c1ccc2cc(C(=O)N3CCCCC3)oc2c1. The van der Waals surface area contributed by atoms with Crippen molar-refractivity contribution in [2.75, 3.05) is 13.1 Å². The summed E-state index contributed by atoms with van der Waals surface area (Å²) in [6.07, 6.45) is 6.63. The maximum Gasteiger partial charge on any atom is 0.289 e. The Bertz CT molecular complexity index is 884. The molecule has 3 aliphatic rings. The summed E-state index contributed by atoms with van der Waals surface area (Å²) in [6, 6.07) is 8.37. The Morgan fingerprint density at radius 3 is 2.70 bits per heavy atom. The summed E-state index contributed by atoms with van der Waals surface area (Å²) in [5.41, 5.74) is 1.17. The molecular weight excluding hydrogens is 342 g/mol. The molecule has 1 aromatic carbocycles. The summed E-state index contributed by atoms with van der Waals surface area (Å²) in [5, 5.41) is 7.55. The van der Waals surface area contributed by atoms with E-state index in [4.69, 9.17) is 4.42 Å². The van der Waals surface area contributed by atoms with E-state index in [1.54, 1.807) is 12.1 Å². The molecule has 3 aliphatic heterocycles. The molecule has 4 heterocycles. The van der Waals surface area contributed by atoms with Crippen LogP contribution in [0.5, 0.6) is 0 Å². The number of likely N-dealkylation sites (tertiary alicyclic amines) is 1. The Hall–Kier alpha value is -2.34. The molecule has 2 N–H and O–H groups in total. The van der Waals surface area contributed by atoms with Crippen LogP contribution in [0.15, 0.2) is 28.7 Å². The first-order valence-electron chi connectivity index (χ1n) is 10.1. The highest BCUT2D eigenvalue weighted by atomic mass is 16.3. The van der Waals surface area contributed by atoms with Gasteiger partial charge in [0.25, 0.3) is 11.8 Å². The predicted octanol–water partition coefficient (Wildman–Crippen LogP) is 2.68. The molecule has 6 nitrogen and oxygen atoms in total. The summed E-state index contributed by atoms with van der Waals surface area (Å²) in [7, 11) is 0. The second-order valence-corrected chi connectivity index (χ2v) is 8.08. The number of carbonyl (C=O) groups excluding carboxylic acids is 2. The normalized spacial score (nSPS) is 27.3. The topological polar surface area (TPSA) is 74.6 Å². The minimum Gasteiger partial charge on any atom is -0.451 e. The number of nitrogens with zero attached hydrogens (tertiary/aromatic N) is 1. The first-order valence-corrected chi connectivity index (χ1v) is 10.1. The van der Waals surface area contributed by atoms with E-state index in [0.717, 1.165) is 44.2 Å². The number of hydrogen-bond donors (Lipinski definition) is 2. The second kappa shape index (κ2) is 6.68. The Morgan fingerprint density at radius 2 is 1.96 bits per heavy atom. The van der Waals surface area contributed by atoms with Crippen LogP contribution in [-0.2, 0) is 0 Å². The molecule has 0 radical (unpaired) electrons. The second-order valence-electron chi connectivity index (χ2n) is 8.08. The first-order chi connectivity index (χ1) is 13.2. The third-order valence-electron chi connectivity index (χ3n) is 6.25. The fourth-order valence-electron chi connectivity index (χ4n) is 4.77. The maximum absolute atomic E-state index is 12.7. The lowest BCUT2D eigenvalue weighted by Gasteiger charge is -2.25. The highest BCUT2D eigenvalue weighted by molar-refractivity contribution is 6.00. The average molecular weight is 367 g/mol. The van der Waals surface area contributed by atoms with Crippen molar-refractivity contribution < 1.29 is 14.0 Å². The van der Waals surface area contributed by atoms with Gasteiger partial charge in [0, 0.05) is 42.2 Å². The van der Waals surface area contributed by atoms with Crippen LogP contribution in [0.3, 0.4) is 0 Å². The molecule has 0 saturated carbocycles. The molecule has 2 bridgehead atoms. The summed E-state index contributed by atoms with van der Waals surface area (Å²) in [5.74, 6) is 0.239. The molecule has 3 saturated heterocycles. The van der Waals surface area contributed by atoms with Crippen molar-refractivity contribution in [1.82, 2.24) is 15.5 Å². The van der Waals surface area contributed by atoms with Crippen molar-refractivity contribution in [1.29, 1.82) is 0 Å². The maximum atomic E-state index is 12.7.